The third-order valence-electron chi connectivity index (χ3n) is 1.75. The van der Waals surface area contributed by atoms with E-state index in [1.165, 1.54) is 7.11 Å². The second-order valence-corrected chi connectivity index (χ2v) is 2.65. The minimum Gasteiger partial charge on any atom is -0.465 e. The Bertz CT molecular complexity index is 368. The Hall–Kier alpha value is -1.95. The highest BCUT2D eigenvalue weighted by Crippen LogP contribution is 2.05. The van der Waals surface area contributed by atoms with Crippen molar-refractivity contribution in [2.24, 2.45) is 0 Å². The van der Waals surface area contributed by atoms with Crippen LogP contribution in [0.25, 0.3) is 0 Å². The number of hydrogen-bond donors (Lipinski definition) is 1. The molecule has 72 valence electrons. The van der Waals surface area contributed by atoms with Gasteiger partial charge in [-0.1, -0.05) is 18.1 Å². The Kier molecular flexibility index (Phi) is 3.57. The van der Waals surface area contributed by atoms with Crippen LogP contribution in [0.1, 0.15) is 15.9 Å². The predicted octanol–water partition coefficient (Wildman–Crippen LogP) is 1.35. The van der Waals surface area contributed by atoms with Crippen molar-refractivity contribution >= 4 is 5.97 Å². The molecule has 1 rings (SSSR count). The molecule has 0 aromatic heterocycles. The van der Waals surface area contributed by atoms with Gasteiger partial charge in [-0.2, -0.15) is 0 Å². The third kappa shape index (κ3) is 2.53. The fraction of sp³-hybridized carbons (Fsp3) is 0.182. The van der Waals surface area contributed by atoms with Crippen LogP contribution in [-0.4, -0.2) is 18.2 Å². The van der Waals surface area contributed by atoms with Crippen molar-refractivity contribution in [1.29, 1.82) is 0 Å². The topological polar surface area (TPSA) is 46.5 Å². The second-order valence-electron chi connectivity index (χ2n) is 2.65. The molecule has 0 bridgehead atoms. The van der Waals surface area contributed by atoms with Crippen LogP contribution in [0, 0.1) is 12.0 Å². The average molecular weight is 190 g/mol. The summed E-state index contributed by atoms with van der Waals surface area (Å²) in [5, 5.41) is 8.27. The van der Waals surface area contributed by atoms with E-state index in [0.717, 1.165) is 5.56 Å². The smallest absolute Gasteiger partial charge is 0.337 e. The zero-order valence-corrected chi connectivity index (χ0v) is 7.78. The van der Waals surface area contributed by atoms with Crippen LogP contribution in [0.2, 0.25) is 0 Å². The van der Waals surface area contributed by atoms with Gasteiger partial charge >= 0.3 is 5.97 Å². The fourth-order valence-corrected chi connectivity index (χ4v) is 1.02. The molecule has 0 saturated heterocycles. The van der Waals surface area contributed by atoms with Crippen molar-refractivity contribution in [3.63, 3.8) is 0 Å². The summed E-state index contributed by atoms with van der Waals surface area (Å²) in [6, 6.07) is 6.88. The average Bonchev–Trinajstić information content (AvgIpc) is 2.26. The van der Waals surface area contributed by atoms with E-state index in [-0.39, 0.29) is 5.97 Å². The fourth-order valence-electron chi connectivity index (χ4n) is 1.02. The highest BCUT2D eigenvalue weighted by atomic mass is 16.5. The highest BCUT2D eigenvalue weighted by molar-refractivity contribution is 5.89. The summed E-state index contributed by atoms with van der Waals surface area (Å²) < 4.78 is 4.55. The van der Waals surface area contributed by atoms with Gasteiger partial charge in [0.15, 0.2) is 0 Å². The molecule has 0 radical (unpaired) electrons. The van der Waals surface area contributed by atoms with Crippen molar-refractivity contribution < 1.29 is 14.6 Å². The van der Waals surface area contributed by atoms with Gasteiger partial charge in [0.2, 0.25) is 0 Å². The minimum absolute atomic E-state index is 0.357. The SMILES string of the molecule is COC(=O)c1ccc(CC#CO)cc1. The van der Waals surface area contributed by atoms with Crippen molar-refractivity contribution in [1.82, 2.24) is 0 Å². The zero-order valence-electron chi connectivity index (χ0n) is 7.78. The number of methoxy groups -OCH3 is 1. The third-order valence-corrected chi connectivity index (χ3v) is 1.75. The Morgan fingerprint density at radius 2 is 2.07 bits per heavy atom. The first-order valence-corrected chi connectivity index (χ1v) is 4.07. The maximum Gasteiger partial charge on any atom is 0.337 e. The van der Waals surface area contributed by atoms with Crippen LogP contribution < -0.4 is 0 Å². The van der Waals surface area contributed by atoms with Crippen molar-refractivity contribution in [2.45, 2.75) is 6.42 Å². The molecule has 1 aromatic rings. The summed E-state index contributed by atoms with van der Waals surface area (Å²) in [6.45, 7) is 0. The molecule has 0 atom stereocenters. The molecule has 0 heterocycles. The molecular formula is C11H10O3. The summed E-state index contributed by atoms with van der Waals surface area (Å²) in [5.74, 6) is 2.16. The van der Waals surface area contributed by atoms with Crippen molar-refractivity contribution in [3.05, 3.63) is 35.4 Å². The number of hydrogen-bond acceptors (Lipinski definition) is 3. The van der Waals surface area contributed by atoms with Crippen LogP contribution >= 0.6 is 0 Å². The van der Waals surface area contributed by atoms with E-state index in [1.54, 1.807) is 24.3 Å². The number of aliphatic hydroxyl groups is 1. The molecule has 0 saturated carbocycles. The van der Waals surface area contributed by atoms with Gasteiger partial charge in [0, 0.05) is 6.42 Å². The summed E-state index contributed by atoms with van der Waals surface area (Å²) >= 11 is 0. The maximum atomic E-state index is 11.0. The van der Waals surface area contributed by atoms with Crippen molar-refractivity contribution in [2.75, 3.05) is 7.11 Å². The molecule has 1 aromatic carbocycles. The van der Waals surface area contributed by atoms with Gasteiger partial charge in [-0.25, -0.2) is 4.79 Å². The van der Waals surface area contributed by atoms with Gasteiger partial charge in [-0.3, -0.25) is 0 Å². The van der Waals surface area contributed by atoms with Crippen molar-refractivity contribution in [3.8, 4) is 12.0 Å². The maximum absolute atomic E-state index is 11.0. The monoisotopic (exact) mass is 190 g/mol. The molecule has 0 aliphatic carbocycles. The first-order chi connectivity index (χ1) is 6.77. The second kappa shape index (κ2) is 4.93. The first-order valence-electron chi connectivity index (χ1n) is 4.07. The van der Waals surface area contributed by atoms with Crippen LogP contribution in [0.3, 0.4) is 0 Å². The van der Waals surface area contributed by atoms with E-state index >= 15 is 0 Å². The molecule has 0 amide bonds. The normalized spacial score (nSPS) is 8.64. The highest BCUT2D eigenvalue weighted by Gasteiger charge is 2.03. The summed E-state index contributed by atoms with van der Waals surface area (Å²) in [5.41, 5.74) is 1.45. The number of carbonyl (C=O) groups excluding carboxylic acids is 1. The Balaban J connectivity index is 2.76. The van der Waals surface area contributed by atoms with Crippen LogP contribution in [0.4, 0.5) is 0 Å². The zero-order chi connectivity index (χ0) is 10.4. The largest absolute Gasteiger partial charge is 0.465 e. The number of ether oxygens (including phenoxy) is 1. The Labute approximate surface area is 82.3 Å². The molecule has 3 heteroatoms. The number of carbonyl (C=O) groups is 1. The summed E-state index contributed by atoms with van der Waals surface area (Å²) in [7, 11) is 1.34. The lowest BCUT2D eigenvalue weighted by Crippen LogP contribution is -2.00. The van der Waals surface area contributed by atoms with E-state index in [0.29, 0.717) is 12.0 Å². The van der Waals surface area contributed by atoms with Gasteiger partial charge < -0.3 is 9.84 Å². The van der Waals surface area contributed by atoms with E-state index in [2.05, 4.69) is 10.7 Å². The van der Waals surface area contributed by atoms with Gasteiger partial charge in [0.25, 0.3) is 0 Å². The Morgan fingerprint density at radius 1 is 1.43 bits per heavy atom. The molecule has 14 heavy (non-hydrogen) atoms. The van der Waals surface area contributed by atoms with Crippen LogP contribution in [0.15, 0.2) is 24.3 Å². The van der Waals surface area contributed by atoms with Crippen LogP contribution in [-0.2, 0) is 11.2 Å². The predicted molar refractivity (Wildman–Crippen MR) is 51.2 cm³/mol. The lowest BCUT2D eigenvalue weighted by atomic mass is 10.1. The first kappa shape index (κ1) is 10.1. The van der Waals surface area contributed by atoms with E-state index in [9.17, 15) is 4.79 Å². The molecular weight excluding hydrogens is 180 g/mol. The molecule has 0 unspecified atom stereocenters. The lowest BCUT2D eigenvalue weighted by Gasteiger charge is -1.99. The van der Waals surface area contributed by atoms with E-state index in [1.807, 2.05) is 6.11 Å². The van der Waals surface area contributed by atoms with Gasteiger partial charge in [-0.15, -0.1) is 0 Å². The number of esters is 1. The molecule has 0 spiro atoms. The molecule has 0 aliphatic heterocycles. The lowest BCUT2D eigenvalue weighted by molar-refractivity contribution is 0.0600. The Morgan fingerprint density at radius 3 is 2.57 bits per heavy atom. The summed E-state index contributed by atoms with van der Waals surface area (Å²) in [4.78, 5) is 11.0. The van der Waals surface area contributed by atoms with E-state index < -0.39 is 0 Å². The number of aliphatic hydroxyl groups excluding tert-OH is 1. The van der Waals surface area contributed by atoms with Gasteiger partial charge in [-0.05, 0) is 17.7 Å². The minimum atomic E-state index is -0.357. The quantitative estimate of drug-likeness (QED) is 0.565. The van der Waals surface area contributed by atoms with Gasteiger partial charge in [0.05, 0.1) is 12.7 Å². The van der Waals surface area contributed by atoms with Crippen LogP contribution in [0.5, 0.6) is 0 Å². The number of benzene rings is 1. The summed E-state index contributed by atoms with van der Waals surface area (Å²) in [6.07, 6.45) is 2.29. The van der Waals surface area contributed by atoms with Gasteiger partial charge in [0.1, 0.15) is 6.11 Å². The molecule has 1 N–H and O–H groups in total. The van der Waals surface area contributed by atoms with E-state index in [4.69, 9.17) is 5.11 Å². The molecule has 0 fully saturated rings. The number of rotatable bonds is 2. The standard InChI is InChI=1S/C11H10O3/c1-14-11(13)10-6-4-9(5-7-10)3-2-8-12/h4-7,12H,3H2,1H3. The molecule has 0 aliphatic rings. The molecule has 3 nitrogen and oxygen atoms in total.